The molecular formula is C14H15O3P. The van der Waals surface area contributed by atoms with Crippen LogP contribution in [-0.4, -0.2) is 16.2 Å². The first-order valence-corrected chi connectivity index (χ1v) is 5.22. The summed E-state index contributed by atoms with van der Waals surface area (Å²) in [5.41, 5.74) is -1.31. The number of aliphatic carboxylic acids is 1. The van der Waals surface area contributed by atoms with Gasteiger partial charge in [0.15, 0.2) is 0 Å². The van der Waals surface area contributed by atoms with Crippen LogP contribution in [-0.2, 0) is 10.4 Å². The van der Waals surface area contributed by atoms with E-state index in [1.165, 1.54) is 0 Å². The predicted octanol–water partition coefficient (Wildman–Crippen LogP) is 2.07. The number of carbonyl (C=O) groups is 1. The first-order chi connectivity index (χ1) is 8.15. The number of hydrogen-bond acceptors (Lipinski definition) is 2. The van der Waals surface area contributed by atoms with Crippen molar-refractivity contribution in [3.05, 3.63) is 71.8 Å². The first-order valence-electron chi connectivity index (χ1n) is 5.22. The van der Waals surface area contributed by atoms with Crippen LogP contribution in [0.4, 0.5) is 0 Å². The molecule has 0 aliphatic carbocycles. The van der Waals surface area contributed by atoms with Gasteiger partial charge in [0, 0.05) is 0 Å². The van der Waals surface area contributed by atoms with E-state index in [4.69, 9.17) is 0 Å². The smallest absolute Gasteiger partial charge is 0.345 e. The average molecular weight is 262 g/mol. The second kappa shape index (κ2) is 5.76. The summed E-state index contributed by atoms with van der Waals surface area (Å²) < 4.78 is 0. The Morgan fingerprint density at radius 1 is 0.833 bits per heavy atom. The summed E-state index contributed by atoms with van der Waals surface area (Å²) in [6.07, 6.45) is 0. The van der Waals surface area contributed by atoms with E-state index in [9.17, 15) is 15.0 Å². The topological polar surface area (TPSA) is 57.5 Å². The summed E-state index contributed by atoms with van der Waals surface area (Å²) in [6.45, 7) is 0. The first kappa shape index (κ1) is 14.4. The molecule has 0 aromatic heterocycles. The molecule has 2 N–H and O–H groups in total. The van der Waals surface area contributed by atoms with Crippen molar-refractivity contribution in [1.29, 1.82) is 0 Å². The van der Waals surface area contributed by atoms with Crippen molar-refractivity contribution in [2.75, 3.05) is 0 Å². The zero-order chi connectivity index (χ0) is 12.3. The lowest BCUT2D eigenvalue weighted by molar-refractivity contribution is -0.155. The number of aliphatic hydroxyl groups is 1. The molecule has 2 rings (SSSR count). The number of rotatable bonds is 3. The Hall–Kier alpha value is -1.70. The van der Waals surface area contributed by atoms with Gasteiger partial charge in [-0.1, -0.05) is 60.7 Å². The van der Waals surface area contributed by atoms with Gasteiger partial charge in [0.2, 0.25) is 5.60 Å². The van der Waals surface area contributed by atoms with Crippen LogP contribution in [0, 0.1) is 0 Å². The maximum Gasteiger partial charge on any atom is 0.345 e. The highest BCUT2D eigenvalue weighted by Crippen LogP contribution is 2.29. The normalized spacial score (nSPS) is 10.5. The molecule has 0 fully saturated rings. The molecule has 0 spiro atoms. The van der Waals surface area contributed by atoms with Gasteiger partial charge in [-0.05, 0) is 11.1 Å². The van der Waals surface area contributed by atoms with E-state index in [1.807, 2.05) is 0 Å². The molecule has 94 valence electrons. The number of hydrogen-bond donors (Lipinski definition) is 2. The van der Waals surface area contributed by atoms with Gasteiger partial charge in [-0.15, -0.1) is 0 Å². The molecule has 0 bridgehead atoms. The molecule has 4 heteroatoms. The highest BCUT2D eigenvalue weighted by atomic mass is 31.0. The molecule has 0 saturated carbocycles. The average Bonchev–Trinajstić information content (AvgIpc) is 2.39. The van der Waals surface area contributed by atoms with Gasteiger partial charge in [0.1, 0.15) is 0 Å². The van der Waals surface area contributed by atoms with Gasteiger partial charge in [-0.2, -0.15) is 9.90 Å². The van der Waals surface area contributed by atoms with Gasteiger partial charge < -0.3 is 10.2 Å². The van der Waals surface area contributed by atoms with Crippen molar-refractivity contribution < 1.29 is 15.0 Å². The van der Waals surface area contributed by atoms with E-state index in [-0.39, 0.29) is 9.90 Å². The van der Waals surface area contributed by atoms with Gasteiger partial charge in [0.05, 0.1) is 0 Å². The van der Waals surface area contributed by atoms with Crippen molar-refractivity contribution in [2.45, 2.75) is 5.60 Å². The minimum absolute atomic E-state index is 0. The standard InChI is InChI=1S/C14H12O3.H3P/c15-13(16)14(17,11-7-3-1-4-8-11)12-9-5-2-6-10-12;/h1-10,17H,(H,15,16);1H3. The molecule has 0 saturated heterocycles. The van der Waals surface area contributed by atoms with Crippen molar-refractivity contribution in [3.63, 3.8) is 0 Å². The fourth-order valence-electron chi connectivity index (χ4n) is 1.77. The molecule has 0 radical (unpaired) electrons. The van der Waals surface area contributed by atoms with Crippen LogP contribution in [0.5, 0.6) is 0 Å². The molecule has 1 unspecified atom stereocenters. The van der Waals surface area contributed by atoms with E-state index in [0.717, 1.165) is 0 Å². The summed E-state index contributed by atoms with van der Waals surface area (Å²) in [6, 6.07) is 16.7. The maximum atomic E-state index is 11.4. The third-order valence-corrected chi connectivity index (χ3v) is 2.69. The van der Waals surface area contributed by atoms with Crippen LogP contribution in [0.1, 0.15) is 11.1 Å². The Kier molecular flexibility index (Phi) is 4.60. The highest BCUT2D eigenvalue weighted by Gasteiger charge is 2.39. The molecule has 0 aliphatic rings. The summed E-state index contributed by atoms with van der Waals surface area (Å²) in [7, 11) is 0. The fourth-order valence-corrected chi connectivity index (χ4v) is 1.77. The Morgan fingerprint density at radius 2 is 1.17 bits per heavy atom. The van der Waals surface area contributed by atoms with Gasteiger partial charge in [0.25, 0.3) is 0 Å². The molecule has 2 aromatic carbocycles. The number of carboxylic acids is 1. The Morgan fingerprint density at radius 3 is 1.44 bits per heavy atom. The van der Waals surface area contributed by atoms with Crippen LogP contribution in [0.15, 0.2) is 60.7 Å². The third-order valence-electron chi connectivity index (χ3n) is 2.69. The van der Waals surface area contributed by atoms with Crippen molar-refractivity contribution in [1.82, 2.24) is 0 Å². The molecule has 0 amide bonds. The lowest BCUT2D eigenvalue weighted by Crippen LogP contribution is -2.36. The maximum absolute atomic E-state index is 11.4. The Labute approximate surface area is 109 Å². The molecule has 18 heavy (non-hydrogen) atoms. The van der Waals surface area contributed by atoms with E-state index in [2.05, 4.69) is 0 Å². The number of benzene rings is 2. The minimum Gasteiger partial charge on any atom is -0.479 e. The van der Waals surface area contributed by atoms with Gasteiger partial charge in [-0.25, -0.2) is 4.79 Å². The highest BCUT2D eigenvalue weighted by molar-refractivity contribution is 6.92. The predicted molar refractivity (Wildman–Crippen MR) is 74.6 cm³/mol. The summed E-state index contributed by atoms with van der Waals surface area (Å²) in [4.78, 5) is 11.4. The summed E-state index contributed by atoms with van der Waals surface area (Å²) in [5.74, 6) is -1.28. The van der Waals surface area contributed by atoms with Gasteiger partial charge >= 0.3 is 5.97 Å². The quantitative estimate of drug-likeness (QED) is 0.832. The second-order valence-corrected chi connectivity index (χ2v) is 3.75. The van der Waals surface area contributed by atoms with Crippen molar-refractivity contribution >= 4 is 15.9 Å². The SMILES string of the molecule is O=C(O)C(O)(c1ccccc1)c1ccccc1.P. The zero-order valence-electron chi connectivity index (χ0n) is 9.78. The Bertz CT molecular complexity index is 472. The molecular weight excluding hydrogens is 247 g/mol. The van der Waals surface area contributed by atoms with E-state index in [1.54, 1.807) is 60.7 Å². The number of carboxylic acid groups (broad SMARTS) is 1. The largest absolute Gasteiger partial charge is 0.479 e. The zero-order valence-corrected chi connectivity index (χ0v) is 11.2. The van der Waals surface area contributed by atoms with Crippen LogP contribution >= 0.6 is 9.90 Å². The van der Waals surface area contributed by atoms with Crippen LogP contribution < -0.4 is 0 Å². The lowest BCUT2D eigenvalue weighted by atomic mass is 9.86. The monoisotopic (exact) mass is 262 g/mol. The lowest BCUT2D eigenvalue weighted by Gasteiger charge is -2.24. The molecule has 1 atom stereocenters. The molecule has 2 aromatic rings. The van der Waals surface area contributed by atoms with E-state index >= 15 is 0 Å². The molecule has 3 nitrogen and oxygen atoms in total. The summed E-state index contributed by atoms with van der Waals surface area (Å²) in [5, 5.41) is 19.7. The van der Waals surface area contributed by atoms with E-state index in [0.29, 0.717) is 11.1 Å². The minimum atomic E-state index is -2.00. The summed E-state index contributed by atoms with van der Waals surface area (Å²) >= 11 is 0. The Balaban J connectivity index is 0.00000162. The molecule has 0 aliphatic heterocycles. The van der Waals surface area contributed by atoms with Crippen LogP contribution in [0.25, 0.3) is 0 Å². The van der Waals surface area contributed by atoms with E-state index < -0.39 is 11.6 Å². The van der Waals surface area contributed by atoms with Crippen molar-refractivity contribution in [3.8, 4) is 0 Å². The second-order valence-electron chi connectivity index (χ2n) is 3.75. The third kappa shape index (κ3) is 2.42. The van der Waals surface area contributed by atoms with Crippen molar-refractivity contribution in [2.24, 2.45) is 0 Å². The fraction of sp³-hybridized carbons (Fsp3) is 0.0714. The molecule has 0 heterocycles. The van der Waals surface area contributed by atoms with Crippen LogP contribution in [0.3, 0.4) is 0 Å². The van der Waals surface area contributed by atoms with Gasteiger partial charge in [-0.3, -0.25) is 0 Å². The van der Waals surface area contributed by atoms with Crippen LogP contribution in [0.2, 0.25) is 0 Å².